The molecule has 2 aliphatic heterocycles. The van der Waals surface area contributed by atoms with Gasteiger partial charge in [0.1, 0.15) is 18.1 Å². The first-order chi connectivity index (χ1) is 19.0. The Balaban J connectivity index is 1.39. The van der Waals surface area contributed by atoms with Gasteiger partial charge in [0.2, 0.25) is 0 Å². The third-order valence-electron chi connectivity index (χ3n) is 6.95. The van der Waals surface area contributed by atoms with Crippen LogP contribution in [0.2, 0.25) is 0 Å². The summed E-state index contributed by atoms with van der Waals surface area (Å²) in [6.45, 7) is 3.52. The van der Waals surface area contributed by atoms with Crippen LogP contribution in [0.5, 0.6) is 5.75 Å². The number of methoxy groups -OCH3 is 1. The molecule has 0 N–H and O–H groups in total. The van der Waals surface area contributed by atoms with E-state index >= 15 is 0 Å². The van der Waals surface area contributed by atoms with Crippen LogP contribution >= 0.6 is 11.3 Å². The van der Waals surface area contributed by atoms with Gasteiger partial charge >= 0.3 is 0 Å². The molecule has 3 aromatic rings. The molecule has 1 atom stereocenters. The lowest BCUT2D eigenvalue weighted by atomic mass is 10.0. The summed E-state index contributed by atoms with van der Waals surface area (Å²) in [6.07, 6.45) is 0.560. The van der Waals surface area contributed by atoms with Gasteiger partial charge in [0, 0.05) is 38.2 Å². The first-order valence-corrected chi connectivity index (χ1v) is 13.8. The molecule has 0 radical (unpaired) electrons. The Morgan fingerprint density at radius 2 is 1.92 bits per heavy atom. The topological polar surface area (TPSA) is 74.7 Å². The number of nitrogens with zero attached hydrogens (tertiary/aromatic N) is 4. The summed E-state index contributed by atoms with van der Waals surface area (Å²) >= 11 is 1.57. The van der Waals surface area contributed by atoms with E-state index in [1.54, 1.807) is 24.5 Å². The molecule has 3 heterocycles. The van der Waals surface area contributed by atoms with Gasteiger partial charge in [-0.25, -0.2) is 9.40 Å². The Morgan fingerprint density at radius 3 is 2.62 bits per heavy atom. The summed E-state index contributed by atoms with van der Waals surface area (Å²) in [5.41, 5.74) is 1.96. The normalized spacial score (nSPS) is 17.6. The zero-order valence-electron chi connectivity index (χ0n) is 21.8. The second kappa shape index (κ2) is 12.5. The molecule has 1 aromatic heterocycles. The van der Waals surface area contributed by atoms with Gasteiger partial charge in [0.25, 0.3) is 11.8 Å². The molecule has 8 nitrogen and oxygen atoms in total. The van der Waals surface area contributed by atoms with Crippen molar-refractivity contribution in [1.29, 1.82) is 0 Å². The minimum Gasteiger partial charge on any atom is -0.497 e. The van der Waals surface area contributed by atoms with Gasteiger partial charge in [-0.15, -0.1) is 11.3 Å². The highest BCUT2D eigenvalue weighted by Gasteiger charge is 2.35. The summed E-state index contributed by atoms with van der Waals surface area (Å²) in [4.78, 5) is 32.0. The number of carbonyl (C=O) groups excluding carboxylic acids is 2. The van der Waals surface area contributed by atoms with Crippen molar-refractivity contribution >= 4 is 28.9 Å². The minimum atomic E-state index is -0.496. The monoisotopic (exact) mass is 550 g/mol. The first-order valence-electron chi connectivity index (χ1n) is 12.9. The number of rotatable bonds is 9. The maximum absolute atomic E-state index is 14.0. The van der Waals surface area contributed by atoms with Crippen molar-refractivity contribution in [3.63, 3.8) is 0 Å². The quantitative estimate of drug-likeness (QED) is 0.402. The highest BCUT2D eigenvalue weighted by molar-refractivity contribution is 7.12. The van der Waals surface area contributed by atoms with E-state index in [4.69, 9.17) is 14.6 Å². The number of morpholine rings is 1. The predicted molar refractivity (Wildman–Crippen MR) is 148 cm³/mol. The van der Waals surface area contributed by atoms with E-state index in [1.165, 1.54) is 28.1 Å². The van der Waals surface area contributed by atoms with Gasteiger partial charge in [-0.05, 0) is 47.3 Å². The molecule has 0 spiro atoms. The Morgan fingerprint density at radius 1 is 1.13 bits per heavy atom. The number of thiophene rings is 1. The lowest BCUT2D eigenvalue weighted by Crippen LogP contribution is -2.46. The van der Waals surface area contributed by atoms with Gasteiger partial charge < -0.3 is 14.4 Å². The molecule has 1 saturated heterocycles. The Bertz CT molecular complexity index is 1310. The Kier molecular flexibility index (Phi) is 8.65. The predicted octanol–water partition coefficient (Wildman–Crippen LogP) is 4.05. The van der Waals surface area contributed by atoms with Gasteiger partial charge in [0.05, 0.1) is 37.0 Å². The lowest BCUT2D eigenvalue weighted by molar-refractivity contribution is -0.133. The average molecular weight is 551 g/mol. The van der Waals surface area contributed by atoms with E-state index in [2.05, 4.69) is 4.90 Å². The second-order valence-corrected chi connectivity index (χ2v) is 10.4. The SMILES string of the molecule is COc1ccc(C2CC(c3cccs3)=NN2C(=O)CN(CCN2CCOCC2)C(=O)c2cccc(F)c2)cc1. The smallest absolute Gasteiger partial charge is 0.262 e. The first kappa shape index (κ1) is 27.0. The summed E-state index contributed by atoms with van der Waals surface area (Å²) in [5.74, 6) is -0.457. The summed E-state index contributed by atoms with van der Waals surface area (Å²) < 4.78 is 24.7. The number of carbonyl (C=O) groups is 2. The third-order valence-corrected chi connectivity index (χ3v) is 7.87. The highest BCUT2D eigenvalue weighted by Crippen LogP contribution is 2.34. The number of hydrogen-bond acceptors (Lipinski definition) is 7. The van der Waals surface area contributed by atoms with Crippen LogP contribution in [0.15, 0.2) is 71.1 Å². The van der Waals surface area contributed by atoms with Crippen molar-refractivity contribution in [2.24, 2.45) is 5.10 Å². The van der Waals surface area contributed by atoms with E-state index in [9.17, 15) is 14.0 Å². The van der Waals surface area contributed by atoms with Crippen LogP contribution in [0.3, 0.4) is 0 Å². The molecule has 5 rings (SSSR count). The molecule has 10 heteroatoms. The van der Waals surface area contributed by atoms with Gasteiger partial charge in [-0.3, -0.25) is 14.5 Å². The molecular formula is C29H31FN4O4S. The molecule has 0 bridgehead atoms. The van der Waals surface area contributed by atoms with Crippen molar-refractivity contribution in [2.75, 3.05) is 53.0 Å². The van der Waals surface area contributed by atoms with Crippen LogP contribution < -0.4 is 4.74 Å². The van der Waals surface area contributed by atoms with Crippen LogP contribution in [0.4, 0.5) is 4.39 Å². The van der Waals surface area contributed by atoms with Crippen LogP contribution in [-0.2, 0) is 9.53 Å². The number of hydrogen-bond donors (Lipinski definition) is 0. The fourth-order valence-corrected chi connectivity index (χ4v) is 5.52. The third kappa shape index (κ3) is 6.52. The zero-order valence-corrected chi connectivity index (χ0v) is 22.6. The van der Waals surface area contributed by atoms with Crippen LogP contribution in [-0.4, -0.2) is 85.4 Å². The largest absolute Gasteiger partial charge is 0.497 e. The number of ether oxygens (including phenoxy) is 2. The molecule has 2 amide bonds. The summed E-state index contributed by atoms with van der Waals surface area (Å²) in [7, 11) is 1.61. The molecule has 2 aromatic carbocycles. The molecule has 1 unspecified atom stereocenters. The fourth-order valence-electron chi connectivity index (χ4n) is 4.80. The maximum Gasteiger partial charge on any atom is 0.262 e. The average Bonchev–Trinajstić information content (AvgIpc) is 3.66. The second-order valence-electron chi connectivity index (χ2n) is 9.45. The van der Waals surface area contributed by atoms with Crippen LogP contribution in [0.25, 0.3) is 0 Å². The van der Waals surface area contributed by atoms with Crippen molar-refractivity contribution in [3.05, 3.63) is 87.9 Å². The van der Waals surface area contributed by atoms with Crippen LogP contribution in [0, 0.1) is 5.82 Å². The van der Waals surface area contributed by atoms with E-state index < -0.39 is 11.7 Å². The van der Waals surface area contributed by atoms with Gasteiger partial charge in [-0.1, -0.05) is 24.3 Å². The van der Waals surface area contributed by atoms with Crippen molar-refractivity contribution in [1.82, 2.24) is 14.8 Å². The van der Waals surface area contributed by atoms with Gasteiger partial charge in [-0.2, -0.15) is 5.10 Å². The maximum atomic E-state index is 14.0. The molecule has 0 aliphatic carbocycles. The van der Waals surface area contributed by atoms with E-state index in [0.717, 1.165) is 35.0 Å². The number of halogens is 1. The highest BCUT2D eigenvalue weighted by atomic mass is 32.1. The Hall–Kier alpha value is -3.60. The molecular weight excluding hydrogens is 519 g/mol. The van der Waals surface area contributed by atoms with Crippen molar-refractivity contribution in [3.8, 4) is 5.75 Å². The molecule has 2 aliphatic rings. The molecule has 1 fully saturated rings. The van der Waals surface area contributed by atoms with E-state index in [-0.39, 0.29) is 24.1 Å². The fraction of sp³-hybridized carbons (Fsp3) is 0.345. The number of hydrazone groups is 1. The van der Waals surface area contributed by atoms with Crippen molar-refractivity contribution < 1.29 is 23.5 Å². The standard InChI is InChI=1S/C29H31FN4O4S/c1-37-24-9-7-21(8-10-24)26-19-25(27-6-3-17-39-27)31-34(26)28(35)20-33(12-11-32-13-15-38-16-14-32)29(36)22-4-2-5-23(30)18-22/h2-10,17-18,26H,11-16,19-20H2,1H3. The van der Waals surface area contributed by atoms with E-state index in [0.29, 0.717) is 32.7 Å². The van der Waals surface area contributed by atoms with Crippen molar-refractivity contribution in [2.45, 2.75) is 12.5 Å². The van der Waals surface area contributed by atoms with Gasteiger partial charge in [0.15, 0.2) is 0 Å². The molecule has 204 valence electrons. The summed E-state index contributed by atoms with van der Waals surface area (Å²) in [6, 6.07) is 16.8. The van der Waals surface area contributed by atoms with E-state index in [1.807, 2.05) is 41.8 Å². The van der Waals surface area contributed by atoms with Crippen LogP contribution in [0.1, 0.15) is 33.3 Å². The number of amides is 2. The molecule has 0 saturated carbocycles. The lowest BCUT2D eigenvalue weighted by Gasteiger charge is -2.31. The molecule has 39 heavy (non-hydrogen) atoms. The zero-order chi connectivity index (χ0) is 27.2. The number of benzene rings is 2. The Labute approximate surface area is 231 Å². The summed E-state index contributed by atoms with van der Waals surface area (Å²) in [5, 5.41) is 8.21. The minimum absolute atomic E-state index is 0.173.